The number of aryl methyl sites for hydroxylation is 1. The molecule has 1 aliphatic carbocycles. The largest absolute Gasteiger partial charge is 0.324 e. The molecule has 100 valence electrons. The van der Waals surface area contributed by atoms with E-state index in [-0.39, 0.29) is 16.7 Å². The number of halogens is 2. The molecule has 0 bridgehead atoms. The maximum Gasteiger partial charge on any atom is 0.163 e. The van der Waals surface area contributed by atoms with Gasteiger partial charge in [-0.3, -0.25) is 0 Å². The Hall–Kier alpha value is -0.960. The minimum atomic E-state index is -0.791. The lowest BCUT2D eigenvalue weighted by atomic mass is 9.96. The Bertz CT molecular complexity index is 478. The van der Waals surface area contributed by atoms with Crippen LogP contribution in [0.2, 0.25) is 0 Å². The number of hydrogen-bond acceptors (Lipinski definition) is 1. The summed E-state index contributed by atoms with van der Waals surface area (Å²) in [6, 6.07) is 2.75. The maximum atomic E-state index is 13.9. The first-order valence-corrected chi connectivity index (χ1v) is 6.32. The van der Waals surface area contributed by atoms with Gasteiger partial charge in [-0.25, -0.2) is 8.78 Å². The van der Waals surface area contributed by atoms with Gasteiger partial charge in [-0.2, -0.15) is 0 Å². The highest BCUT2D eigenvalue weighted by Gasteiger charge is 2.66. The van der Waals surface area contributed by atoms with Gasteiger partial charge in [0.05, 0.1) is 0 Å². The molecule has 0 aliphatic heterocycles. The summed E-state index contributed by atoms with van der Waals surface area (Å²) < 4.78 is 27.5. The van der Waals surface area contributed by atoms with Crippen molar-refractivity contribution in [3.63, 3.8) is 0 Å². The third kappa shape index (κ3) is 1.60. The zero-order valence-corrected chi connectivity index (χ0v) is 11.6. The van der Waals surface area contributed by atoms with Crippen molar-refractivity contribution in [2.75, 3.05) is 0 Å². The van der Waals surface area contributed by atoms with Crippen molar-refractivity contribution in [1.82, 2.24) is 0 Å². The van der Waals surface area contributed by atoms with Gasteiger partial charge in [0.2, 0.25) is 0 Å². The Labute approximate surface area is 107 Å². The Morgan fingerprint density at radius 2 is 1.56 bits per heavy atom. The van der Waals surface area contributed by atoms with Gasteiger partial charge in [-0.05, 0) is 29.2 Å². The van der Waals surface area contributed by atoms with E-state index in [0.717, 1.165) is 0 Å². The van der Waals surface area contributed by atoms with Crippen LogP contribution >= 0.6 is 0 Å². The standard InChI is InChI=1S/C15H21F2N/c1-8-6-7-9(11(17)10(8)16)12(18)13-14(2,3)15(13,4)5/h6-7,12-13H,18H2,1-5H3. The van der Waals surface area contributed by atoms with Crippen molar-refractivity contribution in [3.05, 3.63) is 34.9 Å². The number of rotatable bonds is 2. The molecule has 0 radical (unpaired) electrons. The van der Waals surface area contributed by atoms with Crippen LogP contribution in [0.5, 0.6) is 0 Å². The highest BCUT2D eigenvalue weighted by molar-refractivity contribution is 5.31. The fourth-order valence-electron chi connectivity index (χ4n) is 3.24. The summed E-state index contributed by atoms with van der Waals surface area (Å²) in [5.41, 5.74) is 6.89. The minimum Gasteiger partial charge on any atom is -0.324 e. The lowest BCUT2D eigenvalue weighted by Crippen LogP contribution is -2.18. The van der Waals surface area contributed by atoms with Gasteiger partial charge in [0.1, 0.15) is 0 Å². The molecule has 0 saturated heterocycles. The molecule has 0 spiro atoms. The van der Waals surface area contributed by atoms with E-state index in [4.69, 9.17) is 5.73 Å². The summed E-state index contributed by atoms with van der Waals surface area (Å²) in [7, 11) is 0. The molecular weight excluding hydrogens is 232 g/mol. The van der Waals surface area contributed by atoms with E-state index in [1.54, 1.807) is 19.1 Å². The van der Waals surface area contributed by atoms with E-state index in [2.05, 4.69) is 27.7 Å². The smallest absolute Gasteiger partial charge is 0.163 e. The number of benzene rings is 1. The van der Waals surface area contributed by atoms with E-state index in [1.807, 2.05) is 0 Å². The van der Waals surface area contributed by atoms with Crippen LogP contribution in [0.1, 0.15) is 44.9 Å². The molecule has 18 heavy (non-hydrogen) atoms. The van der Waals surface area contributed by atoms with E-state index >= 15 is 0 Å². The Balaban J connectivity index is 2.38. The molecule has 2 rings (SSSR count). The van der Waals surface area contributed by atoms with Crippen LogP contribution in [-0.4, -0.2) is 0 Å². The summed E-state index contributed by atoms with van der Waals surface area (Å²) in [6.07, 6.45) is 0. The molecule has 3 heteroatoms. The molecule has 1 aromatic carbocycles. The first kappa shape index (κ1) is 13.5. The second-order valence-corrected chi connectivity index (χ2v) is 6.55. The monoisotopic (exact) mass is 253 g/mol. The predicted octanol–water partition coefficient (Wildman–Crippen LogP) is 3.96. The lowest BCUT2D eigenvalue weighted by Gasteiger charge is -2.16. The van der Waals surface area contributed by atoms with E-state index in [0.29, 0.717) is 11.1 Å². The zero-order valence-electron chi connectivity index (χ0n) is 11.6. The molecule has 2 N–H and O–H groups in total. The van der Waals surface area contributed by atoms with E-state index in [9.17, 15) is 8.78 Å². The highest BCUT2D eigenvalue weighted by Crippen LogP contribution is 2.71. The van der Waals surface area contributed by atoms with Crippen molar-refractivity contribution in [2.45, 2.75) is 40.7 Å². The van der Waals surface area contributed by atoms with Gasteiger partial charge < -0.3 is 5.73 Å². The molecular formula is C15H21F2N. The van der Waals surface area contributed by atoms with E-state index in [1.165, 1.54) is 0 Å². The summed E-state index contributed by atoms with van der Waals surface area (Å²) in [5, 5.41) is 0. The van der Waals surface area contributed by atoms with Crippen LogP contribution in [-0.2, 0) is 0 Å². The summed E-state index contributed by atoms with van der Waals surface area (Å²) in [5.74, 6) is -1.40. The maximum absolute atomic E-state index is 13.9. The van der Waals surface area contributed by atoms with Crippen LogP contribution in [0.4, 0.5) is 8.78 Å². The minimum absolute atomic E-state index is 0.0558. The molecule has 0 amide bonds. The normalized spacial score (nSPS) is 22.9. The van der Waals surface area contributed by atoms with Crippen LogP contribution in [0.15, 0.2) is 12.1 Å². The Morgan fingerprint density at radius 3 is 2.00 bits per heavy atom. The third-order valence-electron chi connectivity index (χ3n) is 5.16. The summed E-state index contributed by atoms with van der Waals surface area (Å²) >= 11 is 0. The van der Waals surface area contributed by atoms with Gasteiger partial charge >= 0.3 is 0 Å². The topological polar surface area (TPSA) is 26.0 Å². The summed E-state index contributed by atoms with van der Waals surface area (Å²) in [4.78, 5) is 0. The lowest BCUT2D eigenvalue weighted by molar-refractivity contribution is 0.447. The molecule has 1 aliphatic rings. The van der Waals surface area contributed by atoms with Gasteiger partial charge in [0, 0.05) is 11.6 Å². The van der Waals surface area contributed by atoms with Crippen LogP contribution < -0.4 is 5.73 Å². The Morgan fingerprint density at radius 1 is 1.06 bits per heavy atom. The molecule has 1 aromatic rings. The third-order valence-corrected chi connectivity index (χ3v) is 5.16. The Kier molecular flexibility index (Phi) is 2.82. The molecule has 1 saturated carbocycles. The molecule has 0 heterocycles. The molecule has 1 fully saturated rings. The quantitative estimate of drug-likeness (QED) is 0.848. The van der Waals surface area contributed by atoms with Crippen LogP contribution in [0.3, 0.4) is 0 Å². The van der Waals surface area contributed by atoms with Gasteiger partial charge in [-0.15, -0.1) is 0 Å². The van der Waals surface area contributed by atoms with Crippen molar-refractivity contribution >= 4 is 0 Å². The molecule has 1 atom stereocenters. The zero-order chi connectivity index (χ0) is 13.9. The van der Waals surface area contributed by atoms with Crippen molar-refractivity contribution in [3.8, 4) is 0 Å². The first-order valence-electron chi connectivity index (χ1n) is 6.32. The average Bonchev–Trinajstić information content (AvgIpc) is 2.65. The fourth-order valence-corrected chi connectivity index (χ4v) is 3.24. The summed E-state index contributed by atoms with van der Waals surface area (Å²) in [6.45, 7) is 10.1. The molecule has 1 unspecified atom stereocenters. The molecule has 1 nitrogen and oxygen atoms in total. The predicted molar refractivity (Wildman–Crippen MR) is 69.1 cm³/mol. The average molecular weight is 253 g/mol. The van der Waals surface area contributed by atoms with Gasteiger partial charge in [0.25, 0.3) is 0 Å². The van der Waals surface area contributed by atoms with Crippen LogP contribution in [0, 0.1) is 35.3 Å². The van der Waals surface area contributed by atoms with E-state index < -0.39 is 17.7 Å². The SMILES string of the molecule is Cc1ccc(C(N)C2C(C)(C)C2(C)C)c(F)c1F. The number of nitrogens with two attached hydrogens (primary N) is 1. The second kappa shape index (κ2) is 3.77. The van der Waals surface area contributed by atoms with Gasteiger partial charge in [-0.1, -0.05) is 39.8 Å². The van der Waals surface area contributed by atoms with Gasteiger partial charge in [0.15, 0.2) is 11.6 Å². The van der Waals surface area contributed by atoms with Crippen molar-refractivity contribution in [1.29, 1.82) is 0 Å². The second-order valence-electron chi connectivity index (χ2n) is 6.55. The molecule has 0 aromatic heterocycles. The van der Waals surface area contributed by atoms with Crippen molar-refractivity contribution in [2.24, 2.45) is 22.5 Å². The number of hydrogen-bond donors (Lipinski definition) is 1. The fraction of sp³-hybridized carbons (Fsp3) is 0.600. The van der Waals surface area contributed by atoms with Crippen molar-refractivity contribution < 1.29 is 8.78 Å². The highest BCUT2D eigenvalue weighted by atomic mass is 19.2. The van der Waals surface area contributed by atoms with Crippen LogP contribution in [0.25, 0.3) is 0 Å². The first-order chi connectivity index (χ1) is 8.12.